The van der Waals surface area contributed by atoms with Crippen molar-refractivity contribution in [3.05, 3.63) is 53.6 Å². The van der Waals surface area contributed by atoms with Crippen molar-refractivity contribution >= 4 is 28.9 Å². The van der Waals surface area contributed by atoms with Gasteiger partial charge in [0.25, 0.3) is 0 Å². The third-order valence-corrected chi connectivity index (χ3v) is 5.81. The van der Waals surface area contributed by atoms with E-state index in [1.54, 1.807) is 4.90 Å². The van der Waals surface area contributed by atoms with Crippen molar-refractivity contribution < 1.29 is 9.59 Å². The first-order valence-electron chi connectivity index (χ1n) is 10.1. The topological polar surface area (TPSA) is 52.7 Å². The molecule has 2 heterocycles. The first-order chi connectivity index (χ1) is 13.5. The van der Waals surface area contributed by atoms with Gasteiger partial charge in [-0.25, -0.2) is 0 Å². The van der Waals surface area contributed by atoms with E-state index in [1.807, 2.05) is 44.2 Å². The van der Waals surface area contributed by atoms with Crippen LogP contribution in [0.15, 0.2) is 42.5 Å². The molecule has 0 aliphatic carbocycles. The minimum Gasteiger partial charge on any atom is -0.372 e. The minimum atomic E-state index is -0.329. The summed E-state index contributed by atoms with van der Waals surface area (Å²) in [6.07, 6.45) is 2.74. The molecule has 5 heteroatoms. The van der Waals surface area contributed by atoms with Crippen molar-refractivity contribution in [3.63, 3.8) is 0 Å². The molecule has 2 fully saturated rings. The lowest BCUT2D eigenvalue weighted by Crippen LogP contribution is -2.29. The summed E-state index contributed by atoms with van der Waals surface area (Å²) in [5.41, 5.74) is 5.05. The summed E-state index contributed by atoms with van der Waals surface area (Å²) in [4.78, 5) is 29.5. The summed E-state index contributed by atoms with van der Waals surface area (Å²) in [6.45, 7) is 6.65. The van der Waals surface area contributed by atoms with E-state index in [9.17, 15) is 9.59 Å². The molecule has 1 N–H and O–H groups in total. The molecule has 0 saturated carbocycles. The number of anilines is 3. The van der Waals surface area contributed by atoms with E-state index < -0.39 is 0 Å². The molecule has 2 aromatic rings. The zero-order chi connectivity index (χ0) is 19.7. The van der Waals surface area contributed by atoms with Crippen LogP contribution in [0.1, 0.15) is 30.4 Å². The maximum absolute atomic E-state index is 12.7. The molecule has 2 saturated heterocycles. The van der Waals surface area contributed by atoms with E-state index in [4.69, 9.17) is 0 Å². The van der Waals surface area contributed by atoms with Crippen LogP contribution in [0.2, 0.25) is 0 Å². The van der Waals surface area contributed by atoms with Crippen LogP contribution in [0.5, 0.6) is 0 Å². The Hall–Kier alpha value is -2.82. The van der Waals surface area contributed by atoms with Crippen LogP contribution in [0.3, 0.4) is 0 Å². The van der Waals surface area contributed by atoms with Gasteiger partial charge >= 0.3 is 0 Å². The molecular formula is C23H27N3O2. The lowest BCUT2D eigenvalue weighted by Gasteiger charge is -2.21. The fraction of sp³-hybridized carbons (Fsp3) is 0.391. The summed E-state index contributed by atoms with van der Waals surface area (Å²) in [6, 6.07) is 14.0. The Kier molecular flexibility index (Phi) is 5.07. The highest BCUT2D eigenvalue weighted by molar-refractivity contribution is 6.04. The van der Waals surface area contributed by atoms with Gasteiger partial charge in [0, 0.05) is 43.1 Å². The number of nitrogens with zero attached hydrogens (tertiary/aromatic N) is 2. The van der Waals surface area contributed by atoms with Crippen LogP contribution in [0.25, 0.3) is 0 Å². The minimum absolute atomic E-state index is 0.0157. The number of rotatable bonds is 4. The Morgan fingerprint density at radius 3 is 2.29 bits per heavy atom. The second-order valence-corrected chi connectivity index (χ2v) is 7.88. The zero-order valence-corrected chi connectivity index (χ0v) is 16.6. The van der Waals surface area contributed by atoms with Gasteiger partial charge in [-0.3, -0.25) is 9.59 Å². The zero-order valence-electron chi connectivity index (χ0n) is 16.6. The number of aryl methyl sites for hydroxylation is 2. The molecular weight excluding hydrogens is 350 g/mol. The maximum atomic E-state index is 12.7. The van der Waals surface area contributed by atoms with Crippen molar-refractivity contribution in [3.8, 4) is 0 Å². The first-order valence-corrected chi connectivity index (χ1v) is 10.1. The highest BCUT2D eigenvalue weighted by Crippen LogP contribution is 2.31. The SMILES string of the molecule is Cc1cccc(C)c1N1CC(C(=O)Nc2ccc(N3CCCC3)cc2)CC1=O. The average molecular weight is 377 g/mol. The Morgan fingerprint density at radius 2 is 1.64 bits per heavy atom. The Morgan fingerprint density at radius 1 is 1.00 bits per heavy atom. The van der Waals surface area contributed by atoms with Gasteiger partial charge < -0.3 is 15.1 Å². The molecule has 0 spiro atoms. The summed E-state index contributed by atoms with van der Waals surface area (Å²) < 4.78 is 0. The van der Waals surface area contributed by atoms with Gasteiger partial charge in [-0.2, -0.15) is 0 Å². The van der Waals surface area contributed by atoms with Gasteiger partial charge in [0.05, 0.1) is 5.92 Å². The Balaban J connectivity index is 1.42. The van der Waals surface area contributed by atoms with Crippen molar-refractivity contribution in [2.75, 3.05) is 34.8 Å². The summed E-state index contributed by atoms with van der Waals surface area (Å²) in [5.74, 6) is -0.400. The van der Waals surface area contributed by atoms with Crippen LogP contribution in [-0.4, -0.2) is 31.4 Å². The van der Waals surface area contributed by atoms with Crippen LogP contribution in [0, 0.1) is 19.8 Å². The van der Waals surface area contributed by atoms with Crippen molar-refractivity contribution in [2.24, 2.45) is 5.92 Å². The average Bonchev–Trinajstić information content (AvgIpc) is 3.33. The second kappa shape index (κ2) is 7.66. The molecule has 2 amide bonds. The standard InChI is InChI=1S/C23H27N3O2/c1-16-6-5-7-17(2)22(16)26-15-18(14-21(26)27)23(28)24-19-8-10-20(11-9-19)25-12-3-4-13-25/h5-11,18H,3-4,12-15H2,1-2H3,(H,24,28). The third kappa shape index (κ3) is 3.61. The lowest BCUT2D eigenvalue weighted by molar-refractivity contribution is -0.122. The van der Waals surface area contributed by atoms with Gasteiger partial charge in [-0.05, 0) is 62.1 Å². The van der Waals surface area contributed by atoms with Crippen molar-refractivity contribution in [1.82, 2.24) is 0 Å². The fourth-order valence-electron chi connectivity index (χ4n) is 4.31. The highest BCUT2D eigenvalue weighted by Gasteiger charge is 2.36. The molecule has 5 nitrogen and oxygen atoms in total. The van der Waals surface area contributed by atoms with Crippen LogP contribution >= 0.6 is 0 Å². The van der Waals surface area contributed by atoms with E-state index in [0.717, 1.165) is 35.6 Å². The second-order valence-electron chi connectivity index (χ2n) is 7.88. The summed E-state index contributed by atoms with van der Waals surface area (Å²) in [5, 5.41) is 2.99. The summed E-state index contributed by atoms with van der Waals surface area (Å²) in [7, 11) is 0. The van der Waals surface area contributed by atoms with Crippen molar-refractivity contribution in [1.29, 1.82) is 0 Å². The molecule has 28 heavy (non-hydrogen) atoms. The fourth-order valence-corrected chi connectivity index (χ4v) is 4.31. The molecule has 1 atom stereocenters. The molecule has 0 aromatic heterocycles. The molecule has 0 bridgehead atoms. The number of carbonyl (C=O) groups excluding carboxylic acids is 2. The van der Waals surface area contributed by atoms with E-state index in [-0.39, 0.29) is 24.2 Å². The number of hydrogen-bond acceptors (Lipinski definition) is 3. The van der Waals surface area contributed by atoms with Crippen molar-refractivity contribution in [2.45, 2.75) is 33.1 Å². The number of amides is 2. The maximum Gasteiger partial charge on any atom is 0.229 e. The van der Waals surface area contributed by atoms with Gasteiger partial charge in [0.15, 0.2) is 0 Å². The number of hydrogen-bond donors (Lipinski definition) is 1. The van der Waals surface area contributed by atoms with Crippen LogP contribution in [0.4, 0.5) is 17.1 Å². The smallest absolute Gasteiger partial charge is 0.229 e. The molecule has 2 aromatic carbocycles. The molecule has 4 rings (SSSR count). The normalized spacial score (nSPS) is 19.4. The predicted molar refractivity (Wildman–Crippen MR) is 113 cm³/mol. The predicted octanol–water partition coefficient (Wildman–Crippen LogP) is 3.90. The number of nitrogens with one attached hydrogen (secondary N) is 1. The molecule has 1 unspecified atom stereocenters. The monoisotopic (exact) mass is 377 g/mol. The Labute approximate surface area is 166 Å². The summed E-state index contributed by atoms with van der Waals surface area (Å²) >= 11 is 0. The number of para-hydroxylation sites is 1. The van der Waals surface area contributed by atoms with E-state index in [1.165, 1.54) is 18.5 Å². The molecule has 2 aliphatic rings. The van der Waals surface area contributed by atoms with E-state index >= 15 is 0 Å². The molecule has 0 radical (unpaired) electrons. The largest absolute Gasteiger partial charge is 0.372 e. The number of carbonyl (C=O) groups is 2. The van der Waals surface area contributed by atoms with Gasteiger partial charge in [-0.1, -0.05) is 18.2 Å². The quantitative estimate of drug-likeness (QED) is 0.879. The van der Waals surface area contributed by atoms with E-state index in [2.05, 4.69) is 22.3 Å². The Bertz CT molecular complexity index is 865. The van der Waals surface area contributed by atoms with Gasteiger partial charge in [0.1, 0.15) is 0 Å². The van der Waals surface area contributed by atoms with E-state index in [0.29, 0.717) is 6.54 Å². The molecule has 146 valence electrons. The molecule has 2 aliphatic heterocycles. The first kappa shape index (κ1) is 18.5. The number of benzene rings is 2. The van der Waals surface area contributed by atoms with Crippen LogP contribution < -0.4 is 15.1 Å². The lowest BCUT2D eigenvalue weighted by atomic mass is 10.1. The van der Waals surface area contributed by atoms with Crippen LogP contribution in [-0.2, 0) is 9.59 Å². The van der Waals surface area contributed by atoms with Gasteiger partial charge in [-0.15, -0.1) is 0 Å². The third-order valence-electron chi connectivity index (χ3n) is 5.81. The highest BCUT2D eigenvalue weighted by atomic mass is 16.2. The van der Waals surface area contributed by atoms with Gasteiger partial charge in [0.2, 0.25) is 11.8 Å².